The summed E-state index contributed by atoms with van der Waals surface area (Å²) in [5, 5.41) is 24.0. The van der Waals surface area contributed by atoms with Crippen LogP contribution in [0, 0.1) is 10.8 Å². The number of methoxy groups -OCH3 is 2. The lowest BCUT2D eigenvalue weighted by molar-refractivity contribution is -0.147. The highest BCUT2D eigenvalue weighted by Crippen LogP contribution is 2.32. The zero-order valence-corrected chi connectivity index (χ0v) is 50.1. The minimum Gasteiger partial charge on any atom is -0.385 e. The summed E-state index contributed by atoms with van der Waals surface area (Å²) in [7, 11) is 6.48. The standard InChI is InChI=1S/C63H86N10O10/c1-38(64-9)54(74)70-52(62(3,4)5)60(80)72-36-45-33-46(28-27-44(45)34-50(72)58(78)68-48(29-31-82-11)40-19-15-13-16-20-40)66-56(76)42-23-25-43(26-24-42)57(77)67-47-35-51(59(79)69-49(30-32-83-12)41-21-17-14-18-22-41)73(37-47)61(81)53(63(6,7)8)71-55(75)39(2)65-10/h13-28,33,38-39,47-53,64-65H,29-32,34-37H2,1-12H3,(H,66,76)(H,67,77)(H,68,78)(H,69,79)(H,70,74)(H,71,75)/t38-,39-,47-,48+,49+,50-,51-,52+,53+/m0/s1. The molecule has 2 aliphatic rings. The van der Waals surface area contributed by atoms with Crippen molar-refractivity contribution in [2.45, 2.75) is 142 Å². The lowest BCUT2D eigenvalue weighted by Crippen LogP contribution is -2.62. The number of benzene rings is 4. The molecule has 4 aromatic rings. The summed E-state index contributed by atoms with van der Waals surface area (Å²) in [5.41, 5.74) is 2.63. The van der Waals surface area contributed by atoms with Crippen molar-refractivity contribution in [2.75, 3.05) is 53.4 Å². The van der Waals surface area contributed by atoms with E-state index in [0.29, 0.717) is 37.3 Å². The molecule has 8 amide bonds. The van der Waals surface area contributed by atoms with Crippen molar-refractivity contribution in [3.63, 3.8) is 0 Å². The Bertz CT molecular complexity index is 2890. The maximum atomic E-state index is 14.9. The zero-order valence-electron chi connectivity index (χ0n) is 50.1. The molecule has 0 saturated carbocycles. The summed E-state index contributed by atoms with van der Waals surface area (Å²) in [6, 6.07) is 23.7. The normalized spacial score (nSPS) is 18.2. The van der Waals surface area contributed by atoms with Crippen LogP contribution in [0.3, 0.4) is 0 Å². The van der Waals surface area contributed by atoms with Crippen molar-refractivity contribution >= 4 is 52.9 Å². The molecule has 2 heterocycles. The van der Waals surface area contributed by atoms with Gasteiger partial charge in [-0.3, -0.25) is 38.4 Å². The van der Waals surface area contributed by atoms with E-state index in [1.807, 2.05) is 108 Å². The van der Waals surface area contributed by atoms with Crippen LogP contribution < -0.4 is 42.5 Å². The van der Waals surface area contributed by atoms with E-state index in [9.17, 15) is 38.4 Å². The van der Waals surface area contributed by atoms with Gasteiger partial charge in [0, 0.05) is 69.8 Å². The van der Waals surface area contributed by atoms with Gasteiger partial charge in [-0.15, -0.1) is 0 Å². The molecule has 20 nitrogen and oxygen atoms in total. The number of hydrogen-bond donors (Lipinski definition) is 8. The minimum absolute atomic E-state index is 0.00247. The van der Waals surface area contributed by atoms with Gasteiger partial charge in [0.15, 0.2) is 0 Å². The third-order valence-electron chi connectivity index (χ3n) is 15.5. The fourth-order valence-corrected chi connectivity index (χ4v) is 10.3. The molecule has 8 N–H and O–H groups in total. The van der Waals surface area contributed by atoms with E-state index in [4.69, 9.17) is 9.47 Å². The molecule has 0 radical (unpaired) electrons. The Balaban J connectivity index is 1.20. The Morgan fingerprint density at radius 2 is 1.02 bits per heavy atom. The Kier molecular flexibility index (Phi) is 22.7. The molecule has 9 atom stereocenters. The SMILES string of the molecule is CN[C@@H](C)C(=O)N[C@H](C(=O)N1Cc2cc(NC(=O)c3ccc(C(=O)N[C@H]4C[C@@H](C(=O)N[C@H](CCOC)c5ccccc5)N(C(=O)[C@@H](NC(=O)[C@H](C)NC)C(C)(C)C)C4)cc3)ccc2C[C@H]1C(=O)N[C@H](CCOC)c1ccccc1)C(C)(C)C. The van der Waals surface area contributed by atoms with Gasteiger partial charge in [-0.25, -0.2) is 0 Å². The third-order valence-corrected chi connectivity index (χ3v) is 15.5. The van der Waals surface area contributed by atoms with Crippen molar-refractivity contribution in [3.8, 4) is 0 Å². The molecule has 1 saturated heterocycles. The zero-order chi connectivity index (χ0) is 60.8. The fraction of sp³-hybridized carbons (Fsp3) is 0.492. The number of hydrogen-bond acceptors (Lipinski definition) is 12. The number of likely N-dealkylation sites (N-methyl/N-ethyl adjacent to an activating group) is 2. The Labute approximate surface area is 488 Å². The highest BCUT2D eigenvalue weighted by atomic mass is 16.5. The van der Waals surface area contributed by atoms with Crippen molar-refractivity contribution in [1.29, 1.82) is 0 Å². The number of carbonyl (C=O) groups excluding carboxylic acids is 8. The molecule has 83 heavy (non-hydrogen) atoms. The lowest BCUT2D eigenvalue weighted by Gasteiger charge is -2.41. The number of anilines is 1. The first-order valence-corrected chi connectivity index (χ1v) is 28.5. The van der Waals surface area contributed by atoms with Crippen molar-refractivity contribution in [2.24, 2.45) is 10.8 Å². The summed E-state index contributed by atoms with van der Waals surface area (Å²) >= 11 is 0. The number of fused-ring (bicyclic) bond motifs is 1. The molecular weight excluding hydrogens is 1060 g/mol. The number of nitrogens with one attached hydrogen (secondary N) is 8. The quantitative estimate of drug-likeness (QED) is 0.0464. The second kappa shape index (κ2) is 29.1. The first-order valence-electron chi connectivity index (χ1n) is 28.5. The number of carbonyl (C=O) groups is 8. The van der Waals surface area contributed by atoms with Crippen LogP contribution in [0.1, 0.15) is 130 Å². The van der Waals surface area contributed by atoms with Gasteiger partial charge in [-0.2, -0.15) is 0 Å². The molecule has 0 bridgehead atoms. The summed E-state index contributed by atoms with van der Waals surface area (Å²) in [5.74, 6) is -3.40. The molecule has 2 aliphatic heterocycles. The van der Waals surface area contributed by atoms with Crippen LogP contribution in [0.15, 0.2) is 103 Å². The summed E-state index contributed by atoms with van der Waals surface area (Å²) in [6.45, 7) is 15.2. The average molecular weight is 1140 g/mol. The molecule has 0 aromatic heterocycles. The third kappa shape index (κ3) is 17.1. The Morgan fingerprint density at radius 3 is 1.48 bits per heavy atom. The highest BCUT2D eigenvalue weighted by molar-refractivity contribution is 6.05. The van der Waals surface area contributed by atoms with Gasteiger partial charge in [-0.1, -0.05) is 108 Å². The van der Waals surface area contributed by atoms with Gasteiger partial charge in [0.2, 0.25) is 35.4 Å². The van der Waals surface area contributed by atoms with Crippen LogP contribution in [0.5, 0.6) is 0 Å². The van der Waals surface area contributed by atoms with Gasteiger partial charge in [0.25, 0.3) is 11.8 Å². The van der Waals surface area contributed by atoms with Gasteiger partial charge >= 0.3 is 0 Å². The second-order valence-corrected chi connectivity index (χ2v) is 23.8. The van der Waals surface area contributed by atoms with E-state index in [1.54, 1.807) is 54.3 Å². The minimum atomic E-state index is -1.01. The van der Waals surface area contributed by atoms with Crippen LogP contribution in [0.2, 0.25) is 0 Å². The predicted molar refractivity (Wildman–Crippen MR) is 318 cm³/mol. The van der Waals surface area contributed by atoms with Crippen molar-refractivity contribution in [3.05, 3.63) is 137 Å². The molecule has 1 fully saturated rings. The summed E-state index contributed by atoms with van der Waals surface area (Å²) < 4.78 is 10.8. The number of nitrogens with zero attached hydrogens (tertiary/aromatic N) is 2. The molecule has 0 aliphatic carbocycles. The number of rotatable bonds is 24. The van der Waals surface area contributed by atoms with Crippen molar-refractivity contribution in [1.82, 2.24) is 47.0 Å². The first-order chi connectivity index (χ1) is 39.4. The fourth-order valence-electron chi connectivity index (χ4n) is 10.3. The molecular formula is C63H86N10O10. The van der Waals surface area contributed by atoms with Crippen molar-refractivity contribution < 1.29 is 47.8 Å². The predicted octanol–water partition coefficient (Wildman–Crippen LogP) is 4.96. The van der Waals surface area contributed by atoms with E-state index < -0.39 is 94.7 Å². The summed E-state index contributed by atoms with van der Waals surface area (Å²) in [4.78, 5) is 116. The molecule has 4 aromatic carbocycles. The van der Waals surface area contributed by atoms with E-state index in [2.05, 4.69) is 42.5 Å². The maximum absolute atomic E-state index is 14.9. The first kappa shape index (κ1) is 64.6. The van der Waals surface area contributed by atoms with Gasteiger partial charge in [-0.05, 0) is 117 Å². The number of ether oxygens (including phenoxy) is 2. The monoisotopic (exact) mass is 1140 g/mol. The smallest absolute Gasteiger partial charge is 0.255 e. The maximum Gasteiger partial charge on any atom is 0.255 e. The summed E-state index contributed by atoms with van der Waals surface area (Å²) in [6.07, 6.45) is 1.20. The lowest BCUT2D eigenvalue weighted by atomic mass is 9.84. The largest absolute Gasteiger partial charge is 0.385 e. The van der Waals surface area contributed by atoms with Crippen LogP contribution in [-0.2, 0) is 51.2 Å². The number of likely N-dealkylation sites (tertiary alicyclic amines) is 1. The average Bonchev–Trinajstić information content (AvgIpc) is 3.65. The van der Waals surface area contributed by atoms with Gasteiger partial charge < -0.3 is 61.8 Å². The molecule has 6 rings (SSSR count). The van der Waals surface area contributed by atoms with E-state index >= 15 is 0 Å². The molecule has 0 spiro atoms. The molecule has 0 unspecified atom stereocenters. The molecule has 20 heteroatoms. The van der Waals surface area contributed by atoms with E-state index in [1.165, 1.54) is 34.1 Å². The molecule has 448 valence electrons. The van der Waals surface area contributed by atoms with Gasteiger partial charge in [0.1, 0.15) is 24.2 Å². The van der Waals surface area contributed by atoms with E-state index in [0.717, 1.165) is 16.7 Å². The van der Waals surface area contributed by atoms with Crippen LogP contribution in [-0.4, -0.2) is 147 Å². The highest BCUT2D eigenvalue weighted by Gasteiger charge is 2.47. The van der Waals surface area contributed by atoms with E-state index in [-0.39, 0.29) is 54.8 Å². The number of amides is 8. The van der Waals surface area contributed by atoms with Gasteiger partial charge in [0.05, 0.1) is 24.2 Å². The second-order valence-electron chi connectivity index (χ2n) is 23.8. The van der Waals surface area contributed by atoms with Crippen LogP contribution in [0.25, 0.3) is 0 Å². The topological polar surface area (TPSA) is 258 Å². The van der Waals surface area contributed by atoms with Crippen LogP contribution in [0.4, 0.5) is 5.69 Å². The Morgan fingerprint density at radius 1 is 0.566 bits per heavy atom. The van der Waals surface area contributed by atoms with Crippen LogP contribution >= 0.6 is 0 Å². The Hall–Kier alpha value is -7.52.